The second-order valence-electron chi connectivity index (χ2n) is 6.44. The Morgan fingerprint density at radius 2 is 1.96 bits per heavy atom. The Hall–Kier alpha value is -2.93. The van der Waals surface area contributed by atoms with E-state index in [2.05, 4.69) is 10.4 Å². The molecule has 6 nitrogen and oxygen atoms in total. The molecule has 138 valence electrons. The molecule has 0 spiro atoms. The average molecular weight is 381 g/mol. The first-order chi connectivity index (χ1) is 13.0. The van der Waals surface area contributed by atoms with Gasteiger partial charge in [-0.25, -0.2) is 4.68 Å². The topological polar surface area (TPSA) is 73.2 Å². The van der Waals surface area contributed by atoms with Crippen LogP contribution >= 0.6 is 0 Å². The minimum atomic E-state index is -0.978. The van der Waals surface area contributed by atoms with Gasteiger partial charge in [0, 0.05) is 21.9 Å². The van der Waals surface area contributed by atoms with E-state index in [-0.39, 0.29) is 5.91 Å². The van der Waals surface area contributed by atoms with Crippen molar-refractivity contribution in [2.75, 3.05) is 12.4 Å². The highest BCUT2D eigenvalue weighted by Gasteiger charge is 2.28. The highest BCUT2D eigenvalue weighted by atomic mass is 32.2. The molecule has 1 aliphatic rings. The fraction of sp³-hybridized carbons (Fsp3) is 0.200. The van der Waals surface area contributed by atoms with Crippen LogP contribution < -0.4 is 10.1 Å². The van der Waals surface area contributed by atoms with Crippen LogP contribution in [0.3, 0.4) is 0 Å². The first-order valence-corrected chi connectivity index (χ1v) is 10.0. The maximum Gasteiger partial charge on any atom is 0.256 e. The van der Waals surface area contributed by atoms with Crippen molar-refractivity contribution in [1.82, 2.24) is 9.78 Å². The fourth-order valence-electron chi connectivity index (χ4n) is 3.13. The summed E-state index contributed by atoms with van der Waals surface area (Å²) >= 11 is 0. The van der Waals surface area contributed by atoms with E-state index in [1.807, 2.05) is 49.4 Å². The van der Waals surface area contributed by atoms with Crippen molar-refractivity contribution in [1.29, 1.82) is 0 Å². The van der Waals surface area contributed by atoms with Gasteiger partial charge in [-0.3, -0.25) is 9.00 Å². The molecule has 2 aromatic carbocycles. The molecule has 1 amide bonds. The SMILES string of the molecule is COc1ccc(-n2nc3c(c2NC(=O)c2cccc(C)c2)CS(=O)C3)cc1. The number of benzene rings is 2. The third-order valence-electron chi connectivity index (χ3n) is 4.50. The Bertz CT molecular complexity index is 1040. The zero-order valence-corrected chi connectivity index (χ0v) is 15.9. The molecule has 4 rings (SSSR count). The molecule has 0 saturated heterocycles. The summed E-state index contributed by atoms with van der Waals surface area (Å²) in [6.45, 7) is 1.94. The van der Waals surface area contributed by atoms with Crippen LogP contribution in [-0.2, 0) is 22.3 Å². The van der Waals surface area contributed by atoms with E-state index in [9.17, 15) is 9.00 Å². The smallest absolute Gasteiger partial charge is 0.256 e. The third kappa shape index (κ3) is 3.38. The minimum Gasteiger partial charge on any atom is -0.497 e. The van der Waals surface area contributed by atoms with Gasteiger partial charge in [-0.05, 0) is 43.3 Å². The quantitative estimate of drug-likeness (QED) is 0.753. The van der Waals surface area contributed by atoms with Gasteiger partial charge in [0.15, 0.2) is 0 Å². The predicted octanol–water partition coefficient (Wildman–Crippen LogP) is 3.20. The normalized spacial score (nSPS) is 15.4. The summed E-state index contributed by atoms with van der Waals surface area (Å²) in [6, 6.07) is 14.8. The number of carbonyl (C=O) groups is 1. The summed E-state index contributed by atoms with van der Waals surface area (Å²) in [5.74, 6) is 1.91. The number of hydrogen-bond acceptors (Lipinski definition) is 4. The Balaban J connectivity index is 1.74. The Morgan fingerprint density at radius 1 is 1.19 bits per heavy atom. The van der Waals surface area contributed by atoms with E-state index < -0.39 is 10.8 Å². The summed E-state index contributed by atoms with van der Waals surface area (Å²) in [7, 11) is 0.633. The van der Waals surface area contributed by atoms with Crippen molar-refractivity contribution in [3.05, 3.63) is 70.9 Å². The maximum absolute atomic E-state index is 12.8. The lowest BCUT2D eigenvalue weighted by Crippen LogP contribution is -2.16. The number of amides is 1. The number of nitrogens with one attached hydrogen (secondary N) is 1. The molecule has 7 heteroatoms. The van der Waals surface area contributed by atoms with Gasteiger partial charge in [-0.2, -0.15) is 5.10 Å². The number of aromatic nitrogens is 2. The molecule has 1 aliphatic heterocycles. The second kappa shape index (κ2) is 7.00. The van der Waals surface area contributed by atoms with Gasteiger partial charge in [0.2, 0.25) is 0 Å². The van der Waals surface area contributed by atoms with Gasteiger partial charge < -0.3 is 10.1 Å². The lowest BCUT2D eigenvalue weighted by atomic mass is 10.1. The lowest BCUT2D eigenvalue weighted by molar-refractivity contribution is 0.102. The van der Waals surface area contributed by atoms with Crippen molar-refractivity contribution in [2.45, 2.75) is 18.4 Å². The van der Waals surface area contributed by atoms with Crippen LogP contribution in [0.4, 0.5) is 5.82 Å². The van der Waals surface area contributed by atoms with Crippen LogP contribution in [0.15, 0.2) is 48.5 Å². The highest BCUT2D eigenvalue weighted by molar-refractivity contribution is 7.83. The van der Waals surface area contributed by atoms with E-state index in [1.165, 1.54) is 0 Å². The van der Waals surface area contributed by atoms with Crippen LogP contribution in [0, 0.1) is 6.92 Å². The first-order valence-electron chi connectivity index (χ1n) is 8.53. The van der Waals surface area contributed by atoms with Crippen LogP contribution in [-0.4, -0.2) is 27.0 Å². The van der Waals surface area contributed by atoms with E-state index in [1.54, 1.807) is 17.9 Å². The highest BCUT2D eigenvalue weighted by Crippen LogP contribution is 2.32. The molecular weight excluding hydrogens is 362 g/mol. The maximum atomic E-state index is 12.8. The Kier molecular flexibility index (Phi) is 4.53. The van der Waals surface area contributed by atoms with Gasteiger partial charge in [-0.15, -0.1) is 0 Å². The molecule has 0 aliphatic carbocycles. The summed E-state index contributed by atoms with van der Waals surface area (Å²) < 4.78 is 18.9. The number of nitrogens with zero attached hydrogens (tertiary/aromatic N) is 2. The predicted molar refractivity (Wildman–Crippen MR) is 105 cm³/mol. The molecule has 3 aromatic rings. The summed E-state index contributed by atoms with van der Waals surface area (Å²) in [5.41, 5.74) is 3.99. The molecule has 0 bridgehead atoms. The molecule has 1 atom stereocenters. The standard InChI is InChI=1S/C20H19N3O3S/c1-13-4-3-5-14(10-13)20(24)21-19-17-11-27(25)12-18(17)22-23(19)15-6-8-16(26-2)9-7-15/h3-10H,11-12H2,1-2H3,(H,21,24). The van der Waals surface area contributed by atoms with Crippen molar-refractivity contribution in [3.63, 3.8) is 0 Å². The number of methoxy groups -OCH3 is 1. The number of carbonyl (C=O) groups excluding carboxylic acids is 1. The van der Waals surface area contributed by atoms with Crippen LogP contribution in [0.25, 0.3) is 5.69 Å². The first kappa shape index (κ1) is 17.5. The minimum absolute atomic E-state index is 0.214. The van der Waals surface area contributed by atoms with E-state index in [0.29, 0.717) is 22.9 Å². The molecule has 0 radical (unpaired) electrons. The van der Waals surface area contributed by atoms with Gasteiger partial charge in [0.1, 0.15) is 11.6 Å². The van der Waals surface area contributed by atoms with Crippen molar-refractivity contribution in [2.24, 2.45) is 0 Å². The summed E-state index contributed by atoms with van der Waals surface area (Å²) in [4.78, 5) is 12.8. The van der Waals surface area contributed by atoms with Crippen molar-refractivity contribution >= 4 is 22.5 Å². The number of anilines is 1. The molecule has 0 saturated carbocycles. The van der Waals surface area contributed by atoms with Crippen molar-refractivity contribution < 1.29 is 13.7 Å². The van der Waals surface area contributed by atoms with E-state index in [4.69, 9.17) is 4.74 Å². The summed E-state index contributed by atoms with van der Waals surface area (Å²) in [5, 5.41) is 7.58. The molecule has 1 aromatic heterocycles. The number of ether oxygens (including phenoxy) is 1. The van der Waals surface area contributed by atoms with Gasteiger partial charge >= 0.3 is 0 Å². The molecular formula is C20H19N3O3S. The number of hydrogen-bond donors (Lipinski definition) is 1. The fourth-order valence-corrected chi connectivity index (χ4v) is 4.40. The third-order valence-corrected chi connectivity index (χ3v) is 5.70. The summed E-state index contributed by atoms with van der Waals surface area (Å²) in [6.07, 6.45) is 0. The zero-order chi connectivity index (χ0) is 19.0. The molecule has 1 unspecified atom stereocenters. The van der Waals surface area contributed by atoms with E-state index in [0.717, 1.165) is 28.3 Å². The zero-order valence-electron chi connectivity index (χ0n) is 15.1. The van der Waals surface area contributed by atoms with Gasteiger partial charge in [-0.1, -0.05) is 17.7 Å². The molecule has 27 heavy (non-hydrogen) atoms. The van der Waals surface area contributed by atoms with Crippen LogP contribution in [0.2, 0.25) is 0 Å². The second-order valence-corrected chi connectivity index (χ2v) is 7.89. The number of fused-ring (bicyclic) bond motifs is 1. The molecule has 2 heterocycles. The molecule has 0 fully saturated rings. The Morgan fingerprint density at radius 3 is 2.67 bits per heavy atom. The molecule has 1 N–H and O–H groups in total. The lowest BCUT2D eigenvalue weighted by Gasteiger charge is -2.12. The average Bonchev–Trinajstić information content (AvgIpc) is 3.19. The van der Waals surface area contributed by atoms with Crippen molar-refractivity contribution in [3.8, 4) is 11.4 Å². The largest absolute Gasteiger partial charge is 0.497 e. The van der Waals surface area contributed by atoms with Crippen LogP contribution in [0.5, 0.6) is 5.75 Å². The van der Waals surface area contributed by atoms with E-state index >= 15 is 0 Å². The number of aryl methyl sites for hydroxylation is 1. The monoisotopic (exact) mass is 381 g/mol. The van der Waals surface area contributed by atoms with Gasteiger partial charge in [0.25, 0.3) is 5.91 Å². The van der Waals surface area contributed by atoms with Crippen LogP contribution in [0.1, 0.15) is 27.2 Å². The Labute approximate surface area is 159 Å². The van der Waals surface area contributed by atoms with Gasteiger partial charge in [0.05, 0.1) is 30.0 Å². The number of rotatable bonds is 4.